The van der Waals surface area contributed by atoms with Gasteiger partial charge in [-0.2, -0.15) is 0 Å². The van der Waals surface area contributed by atoms with Crippen LogP contribution in [-0.4, -0.2) is 19.8 Å². The fraction of sp³-hybridized carbons (Fsp3) is 0.571. The molecule has 3 nitrogen and oxygen atoms in total. The van der Waals surface area contributed by atoms with Crippen LogP contribution in [0.1, 0.15) is 31.7 Å². The van der Waals surface area contributed by atoms with Gasteiger partial charge in [0.1, 0.15) is 5.75 Å². The van der Waals surface area contributed by atoms with Crippen molar-refractivity contribution < 1.29 is 9.47 Å². The third kappa shape index (κ3) is 6.29. The SMILES string of the molecule is COCc1cccc(OCCCCC(C)N)c1. The molecule has 1 aromatic rings. The van der Waals surface area contributed by atoms with E-state index in [0.717, 1.165) is 37.2 Å². The number of unbranched alkanes of at least 4 members (excludes halogenated alkanes) is 1. The highest BCUT2D eigenvalue weighted by Gasteiger charge is 1.98. The van der Waals surface area contributed by atoms with Gasteiger partial charge in [-0.25, -0.2) is 0 Å². The molecular weight excluding hydrogens is 214 g/mol. The number of hydrogen-bond acceptors (Lipinski definition) is 3. The van der Waals surface area contributed by atoms with Gasteiger partial charge in [0.2, 0.25) is 0 Å². The molecule has 0 amide bonds. The van der Waals surface area contributed by atoms with Crippen molar-refractivity contribution in [2.45, 2.75) is 38.8 Å². The molecule has 0 aromatic heterocycles. The highest BCUT2D eigenvalue weighted by Crippen LogP contribution is 2.14. The average molecular weight is 237 g/mol. The smallest absolute Gasteiger partial charge is 0.119 e. The Morgan fingerprint density at radius 3 is 2.82 bits per heavy atom. The largest absolute Gasteiger partial charge is 0.494 e. The molecule has 1 rings (SSSR count). The molecule has 0 saturated carbocycles. The van der Waals surface area contributed by atoms with Gasteiger partial charge in [-0.3, -0.25) is 0 Å². The first kappa shape index (κ1) is 14.0. The van der Waals surface area contributed by atoms with Gasteiger partial charge in [0, 0.05) is 13.2 Å². The van der Waals surface area contributed by atoms with E-state index in [1.807, 2.05) is 31.2 Å². The molecule has 0 aliphatic heterocycles. The molecular formula is C14H23NO2. The summed E-state index contributed by atoms with van der Waals surface area (Å²) >= 11 is 0. The zero-order valence-electron chi connectivity index (χ0n) is 10.8. The minimum atomic E-state index is 0.292. The zero-order valence-corrected chi connectivity index (χ0v) is 10.8. The summed E-state index contributed by atoms with van der Waals surface area (Å²) in [5, 5.41) is 0. The number of benzene rings is 1. The minimum absolute atomic E-state index is 0.292. The normalized spacial score (nSPS) is 12.4. The summed E-state index contributed by atoms with van der Waals surface area (Å²) < 4.78 is 10.8. The predicted octanol–water partition coefficient (Wildman–Crippen LogP) is 2.73. The summed E-state index contributed by atoms with van der Waals surface area (Å²) in [5.74, 6) is 0.917. The summed E-state index contributed by atoms with van der Waals surface area (Å²) in [6.45, 7) is 3.42. The van der Waals surface area contributed by atoms with Crippen LogP contribution in [-0.2, 0) is 11.3 Å². The molecule has 3 heteroatoms. The molecule has 96 valence electrons. The highest BCUT2D eigenvalue weighted by molar-refractivity contribution is 5.28. The third-order valence-electron chi connectivity index (χ3n) is 2.53. The second kappa shape index (κ2) is 8.09. The van der Waals surface area contributed by atoms with Crippen LogP contribution in [0.25, 0.3) is 0 Å². The fourth-order valence-electron chi connectivity index (χ4n) is 1.65. The molecule has 1 aromatic carbocycles. The van der Waals surface area contributed by atoms with E-state index in [0.29, 0.717) is 12.6 Å². The second-order valence-corrected chi connectivity index (χ2v) is 4.40. The van der Waals surface area contributed by atoms with Crippen LogP contribution in [0.15, 0.2) is 24.3 Å². The van der Waals surface area contributed by atoms with Crippen LogP contribution in [0.2, 0.25) is 0 Å². The molecule has 1 atom stereocenters. The number of methoxy groups -OCH3 is 1. The molecule has 0 heterocycles. The topological polar surface area (TPSA) is 44.5 Å². The lowest BCUT2D eigenvalue weighted by atomic mass is 10.1. The van der Waals surface area contributed by atoms with Gasteiger partial charge in [-0.05, 0) is 43.9 Å². The maximum atomic E-state index is 5.68. The lowest BCUT2D eigenvalue weighted by Gasteiger charge is -2.08. The molecule has 17 heavy (non-hydrogen) atoms. The lowest BCUT2D eigenvalue weighted by molar-refractivity contribution is 0.184. The van der Waals surface area contributed by atoms with Crippen molar-refractivity contribution in [1.82, 2.24) is 0 Å². The maximum absolute atomic E-state index is 5.68. The Bertz CT molecular complexity index is 313. The Labute approximate surface area is 104 Å². The van der Waals surface area contributed by atoms with Crippen molar-refractivity contribution in [3.05, 3.63) is 29.8 Å². The van der Waals surface area contributed by atoms with E-state index in [-0.39, 0.29) is 0 Å². The Kier molecular flexibility index (Phi) is 6.67. The summed E-state index contributed by atoms with van der Waals surface area (Å²) in [4.78, 5) is 0. The van der Waals surface area contributed by atoms with E-state index in [4.69, 9.17) is 15.2 Å². The van der Waals surface area contributed by atoms with Crippen molar-refractivity contribution in [1.29, 1.82) is 0 Å². The van der Waals surface area contributed by atoms with E-state index >= 15 is 0 Å². The van der Waals surface area contributed by atoms with E-state index in [2.05, 4.69) is 0 Å². The average Bonchev–Trinajstić information content (AvgIpc) is 2.29. The van der Waals surface area contributed by atoms with E-state index in [1.165, 1.54) is 0 Å². The van der Waals surface area contributed by atoms with Crippen molar-refractivity contribution in [2.75, 3.05) is 13.7 Å². The lowest BCUT2D eigenvalue weighted by Crippen LogP contribution is -2.14. The Balaban J connectivity index is 2.24. The van der Waals surface area contributed by atoms with Crippen molar-refractivity contribution in [3.8, 4) is 5.75 Å². The number of ether oxygens (including phenoxy) is 2. The summed E-state index contributed by atoms with van der Waals surface area (Å²) in [6.07, 6.45) is 3.23. The monoisotopic (exact) mass is 237 g/mol. The molecule has 0 bridgehead atoms. The van der Waals surface area contributed by atoms with Gasteiger partial charge in [0.15, 0.2) is 0 Å². The van der Waals surface area contributed by atoms with Crippen LogP contribution >= 0.6 is 0 Å². The molecule has 0 fully saturated rings. The standard InChI is InChI=1S/C14H23NO2/c1-12(15)6-3-4-9-17-14-8-5-7-13(10-14)11-16-2/h5,7-8,10,12H,3-4,6,9,11,15H2,1-2H3. The van der Waals surface area contributed by atoms with Gasteiger partial charge in [-0.15, -0.1) is 0 Å². The van der Waals surface area contributed by atoms with Gasteiger partial charge < -0.3 is 15.2 Å². The van der Waals surface area contributed by atoms with Crippen LogP contribution < -0.4 is 10.5 Å². The molecule has 1 unspecified atom stereocenters. The summed E-state index contributed by atoms with van der Waals surface area (Å²) in [7, 11) is 1.70. The minimum Gasteiger partial charge on any atom is -0.494 e. The van der Waals surface area contributed by atoms with Crippen LogP contribution in [0.4, 0.5) is 0 Å². The quantitative estimate of drug-likeness (QED) is 0.707. The number of rotatable bonds is 8. The van der Waals surface area contributed by atoms with Crippen LogP contribution in [0, 0.1) is 0 Å². The van der Waals surface area contributed by atoms with E-state index in [1.54, 1.807) is 7.11 Å². The Morgan fingerprint density at radius 1 is 1.29 bits per heavy atom. The molecule has 0 radical (unpaired) electrons. The van der Waals surface area contributed by atoms with E-state index < -0.39 is 0 Å². The third-order valence-corrected chi connectivity index (χ3v) is 2.53. The van der Waals surface area contributed by atoms with E-state index in [9.17, 15) is 0 Å². The van der Waals surface area contributed by atoms with Crippen molar-refractivity contribution in [2.24, 2.45) is 5.73 Å². The Hall–Kier alpha value is -1.06. The molecule has 0 spiro atoms. The predicted molar refractivity (Wildman–Crippen MR) is 70.2 cm³/mol. The van der Waals surface area contributed by atoms with Crippen LogP contribution in [0.3, 0.4) is 0 Å². The van der Waals surface area contributed by atoms with Gasteiger partial charge in [-0.1, -0.05) is 12.1 Å². The number of hydrogen-bond donors (Lipinski definition) is 1. The molecule has 0 saturated heterocycles. The first-order valence-corrected chi connectivity index (χ1v) is 6.18. The summed E-state index contributed by atoms with van der Waals surface area (Å²) in [5.41, 5.74) is 6.82. The van der Waals surface area contributed by atoms with Crippen molar-refractivity contribution >= 4 is 0 Å². The van der Waals surface area contributed by atoms with Gasteiger partial charge in [0.25, 0.3) is 0 Å². The molecule has 0 aliphatic rings. The fourth-order valence-corrected chi connectivity index (χ4v) is 1.65. The second-order valence-electron chi connectivity index (χ2n) is 4.40. The van der Waals surface area contributed by atoms with Crippen LogP contribution in [0.5, 0.6) is 5.75 Å². The molecule has 2 N–H and O–H groups in total. The zero-order chi connectivity index (χ0) is 12.5. The summed E-state index contributed by atoms with van der Waals surface area (Å²) in [6, 6.07) is 8.32. The van der Waals surface area contributed by atoms with Gasteiger partial charge >= 0.3 is 0 Å². The molecule has 0 aliphatic carbocycles. The maximum Gasteiger partial charge on any atom is 0.119 e. The Morgan fingerprint density at radius 2 is 2.12 bits per heavy atom. The highest BCUT2D eigenvalue weighted by atomic mass is 16.5. The van der Waals surface area contributed by atoms with Crippen molar-refractivity contribution in [3.63, 3.8) is 0 Å². The first-order valence-electron chi connectivity index (χ1n) is 6.18. The number of nitrogens with two attached hydrogens (primary N) is 1. The van der Waals surface area contributed by atoms with Gasteiger partial charge in [0.05, 0.1) is 13.2 Å². The first-order chi connectivity index (χ1) is 8.22.